The van der Waals surface area contributed by atoms with Crippen LogP contribution in [0.25, 0.3) is 10.9 Å². The summed E-state index contributed by atoms with van der Waals surface area (Å²) >= 11 is 0. The van der Waals surface area contributed by atoms with Gasteiger partial charge in [0.1, 0.15) is 5.60 Å². The third-order valence-corrected chi connectivity index (χ3v) is 7.44. The zero-order valence-electron chi connectivity index (χ0n) is 18.3. The van der Waals surface area contributed by atoms with E-state index in [-0.39, 0.29) is 24.7 Å². The highest BCUT2D eigenvalue weighted by Crippen LogP contribution is 2.53. The molecule has 2 N–H and O–H groups in total. The first-order valence-corrected chi connectivity index (χ1v) is 11.5. The van der Waals surface area contributed by atoms with Gasteiger partial charge in [0.05, 0.1) is 24.5 Å². The highest BCUT2D eigenvalue weighted by atomic mass is 16.7. The number of nitrogens with zero attached hydrogens (tertiary/aromatic N) is 1. The molecule has 0 saturated carbocycles. The van der Waals surface area contributed by atoms with E-state index >= 15 is 0 Å². The lowest BCUT2D eigenvalue weighted by Crippen LogP contribution is -2.44. The number of hydrogen-bond donors (Lipinski definition) is 2. The molecule has 0 aliphatic carbocycles. The maximum atomic E-state index is 13.5. The predicted octanol–water partition coefficient (Wildman–Crippen LogP) is 2.54. The first kappa shape index (κ1) is 19.7. The highest BCUT2D eigenvalue weighted by Gasteiger charge is 2.67. The van der Waals surface area contributed by atoms with Crippen LogP contribution >= 0.6 is 0 Å². The van der Waals surface area contributed by atoms with Gasteiger partial charge in [0.15, 0.2) is 11.5 Å². The van der Waals surface area contributed by atoms with Gasteiger partial charge in [-0.25, -0.2) is 0 Å². The van der Waals surface area contributed by atoms with E-state index in [2.05, 4.69) is 16.4 Å². The van der Waals surface area contributed by atoms with Crippen molar-refractivity contribution in [1.29, 1.82) is 0 Å². The van der Waals surface area contributed by atoms with E-state index in [1.54, 1.807) is 11.0 Å². The van der Waals surface area contributed by atoms with Gasteiger partial charge in [-0.15, -0.1) is 0 Å². The molecule has 2 bridgehead atoms. The Morgan fingerprint density at radius 2 is 2.06 bits per heavy atom. The van der Waals surface area contributed by atoms with E-state index < -0.39 is 17.4 Å². The molecule has 1 aromatic heterocycles. The Kier molecular flexibility index (Phi) is 4.11. The highest BCUT2D eigenvalue weighted by molar-refractivity contribution is 6.03. The third-order valence-electron chi connectivity index (χ3n) is 7.44. The van der Waals surface area contributed by atoms with Gasteiger partial charge < -0.3 is 29.4 Å². The van der Waals surface area contributed by atoms with Crippen molar-refractivity contribution in [3.63, 3.8) is 0 Å². The van der Waals surface area contributed by atoms with Gasteiger partial charge in [-0.3, -0.25) is 9.59 Å². The van der Waals surface area contributed by atoms with Crippen LogP contribution in [0.5, 0.6) is 11.5 Å². The topological polar surface area (TPSA) is 92.9 Å². The molecule has 1 spiro atoms. The predicted molar refractivity (Wildman–Crippen MR) is 124 cm³/mol. The van der Waals surface area contributed by atoms with Crippen LogP contribution in [0.15, 0.2) is 60.8 Å². The quantitative estimate of drug-likeness (QED) is 0.575. The second-order valence-electron chi connectivity index (χ2n) is 9.26. The molecule has 4 atom stereocenters. The fourth-order valence-corrected chi connectivity index (χ4v) is 5.85. The van der Waals surface area contributed by atoms with Crippen molar-refractivity contribution in [3.8, 4) is 11.5 Å². The van der Waals surface area contributed by atoms with Crippen LogP contribution in [-0.4, -0.2) is 48.4 Å². The lowest BCUT2D eigenvalue weighted by atomic mass is 9.77. The maximum absolute atomic E-state index is 13.5. The molecule has 2 amide bonds. The minimum atomic E-state index is -0.767. The average molecular weight is 457 g/mol. The number of aromatic amines is 1. The molecular weight excluding hydrogens is 434 g/mol. The van der Waals surface area contributed by atoms with Crippen LogP contribution in [-0.2, 0) is 20.7 Å². The molecule has 4 unspecified atom stereocenters. The molecule has 7 rings (SSSR count). The zero-order chi connectivity index (χ0) is 22.9. The number of para-hydroxylation sites is 1. The number of H-pyrrole nitrogens is 1. The summed E-state index contributed by atoms with van der Waals surface area (Å²) in [6.07, 6.45) is 6.20. The van der Waals surface area contributed by atoms with Crippen LogP contribution in [0.1, 0.15) is 5.56 Å². The Labute approximate surface area is 195 Å². The van der Waals surface area contributed by atoms with E-state index in [1.807, 2.05) is 48.7 Å². The van der Waals surface area contributed by atoms with Crippen molar-refractivity contribution in [2.45, 2.75) is 18.1 Å². The van der Waals surface area contributed by atoms with Crippen molar-refractivity contribution in [2.24, 2.45) is 11.8 Å². The number of benzene rings is 2. The second-order valence-corrected chi connectivity index (χ2v) is 9.26. The van der Waals surface area contributed by atoms with Crippen LogP contribution in [0.2, 0.25) is 0 Å². The molecule has 4 aliphatic rings. The van der Waals surface area contributed by atoms with Crippen LogP contribution in [0, 0.1) is 11.8 Å². The first-order chi connectivity index (χ1) is 16.6. The SMILES string of the molecule is O=C(NCCc1c[nH]c2ccccc12)C1C2C=CC3(CN(c4ccc5c(c4)OCO5)C(=O)C13)O2. The third kappa shape index (κ3) is 2.75. The summed E-state index contributed by atoms with van der Waals surface area (Å²) in [5.74, 6) is -0.0320. The summed E-state index contributed by atoms with van der Waals surface area (Å²) in [7, 11) is 0. The van der Waals surface area contributed by atoms with Crippen molar-refractivity contribution >= 4 is 28.4 Å². The van der Waals surface area contributed by atoms with Crippen LogP contribution < -0.4 is 19.7 Å². The number of carbonyl (C=O) groups excluding carboxylic acids is 2. The number of carbonyl (C=O) groups is 2. The fourth-order valence-electron chi connectivity index (χ4n) is 5.85. The molecule has 5 heterocycles. The number of anilines is 1. The lowest BCUT2D eigenvalue weighted by molar-refractivity contribution is -0.131. The Hall–Kier alpha value is -3.78. The molecule has 8 heteroatoms. The monoisotopic (exact) mass is 457 g/mol. The van der Waals surface area contributed by atoms with Crippen molar-refractivity contribution < 1.29 is 23.8 Å². The zero-order valence-corrected chi connectivity index (χ0v) is 18.3. The number of fused-ring (bicyclic) bond motifs is 3. The second kappa shape index (κ2) is 7.11. The minimum absolute atomic E-state index is 0.0949. The Morgan fingerprint density at radius 1 is 1.18 bits per heavy atom. The molecule has 4 aliphatic heterocycles. The van der Waals surface area contributed by atoms with E-state index in [9.17, 15) is 9.59 Å². The molecule has 3 aromatic rings. The number of rotatable bonds is 5. The number of aromatic nitrogens is 1. The fraction of sp³-hybridized carbons (Fsp3) is 0.308. The van der Waals surface area contributed by atoms with E-state index in [0.29, 0.717) is 31.0 Å². The number of amides is 2. The molecule has 2 aromatic carbocycles. The van der Waals surface area contributed by atoms with Crippen molar-refractivity contribution in [2.75, 3.05) is 24.8 Å². The Bertz CT molecular complexity index is 1360. The molecule has 172 valence electrons. The average Bonchev–Trinajstić information content (AvgIpc) is 3.66. The van der Waals surface area contributed by atoms with Gasteiger partial charge in [-0.1, -0.05) is 30.4 Å². The number of ether oxygens (including phenoxy) is 3. The smallest absolute Gasteiger partial charge is 0.234 e. The Morgan fingerprint density at radius 3 is 3.00 bits per heavy atom. The summed E-state index contributed by atoms with van der Waals surface area (Å²) < 4.78 is 17.1. The van der Waals surface area contributed by atoms with Crippen LogP contribution in [0.3, 0.4) is 0 Å². The normalized spacial score (nSPS) is 28.2. The summed E-state index contributed by atoms with van der Waals surface area (Å²) in [5, 5.41) is 4.22. The Balaban J connectivity index is 1.08. The largest absolute Gasteiger partial charge is 0.454 e. The molecule has 2 fully saturated rings. The lowest BCUT2D eigenvalue weighted by Gasteiger charge is -2.23. The van der Waals surface area contributed by atoms with E-state index in [0.717, 1.165) is 22.2 Å². The first-order valence-electron chi connectivity index (χ1n) is 11.5. The van der Waals surface area contributed by atoms with Gasteiger partial charge in [-0.2, -0.15) is 0 Å². The number of hydrogen-bond acceptors (Lipinski definition) is 5. The van der Waals surface area contributed by atoms with Gasteiger partial charge in [0.2, 0.25) is 18.6 Å². The van der Waals surface area contributed by atoms with Crippen molar-refractivity contribution in [1.82, 2.24) is 10.3 Å². The molecular formula is C26H23N3O5. The van der Waals surface area contributed by atoms with Gasteiger partial charge in [0.25, 0.3) is 0 Å². The molecule has 34 heavy (non-hydrogen) atoms. The van der Waals surface area contributed by atoms with Gasteiger partial charge in [-0.05, 0) is 30.2 Å². The standard InChI is InChI=1S/C26H23N3O5/c30-24(27-10-8-15-12-28-18-4-2-1-3-17(15)18)22-20-7-9-26(34-20)13-29(25(31)23(22)26)16-5-6-19-21(11-16)33-14-32-19/h1-7,9,11-12,20,22-23,28H,8,10,13-14H2,(H,27,30). The molecule has 0 radical (unpaired) electrons. The van der Waals surface area contributed by atoms with Crippen molar-refractivity contribution in [3.05, 3.63) is 66.4 Å². The summed E-state index contributed by atoms with van der Waals surface area (Å²) in [5.41, 5.74) is 2.19. The maximum Gasteiger partial charge on any atom is 0.234 e. The molecule has 8 nitrogen and oxygen atoms in total. The van der Waals surface area contributed by atoms with Gasteiger partial charge >= 0.3 is 0 Å². The van der Waals surface area contributed by atoms with Gasteiger partial charge in [0, 0.05) is 35.4 Å². The summed E-state index contributed by atoms with van der Waals surface area (Å²) in [6.45, 7) is 1.04. The molecule has 2 saturated heterocycles. The van der Waals surface area contributed by atoms with E-state index in [4.69, 9.17) is 14.2 Å². The van der Waals surface area contributed by atoms with Crippen LogP contribution in [0.4, 0.5) is 5.69 Å². The number of nitrogens with one attached hydrogen (secondary N) is 2. The van der Waals surface area contributed by atoms with E-state index in [1.165, 1.54) is 0 Å². The minimum Gasteiger partial charge on any atom is -0.454 e. The summed E-state index contributed by atoms with van der Waals surface area (Å²) in [6, 6.07) is 13.6. The summed E-state index contributed by atoms with van der Waals surface area (Å²) in [4.78, 5) is 31.8.